The average molecular weight is 297 g/mol. The number of ether oxygens (including phenoxy) is 2. The van der Waals surface area contributed by atoms with E-state index in [1.54, 1.807) is 12.1 Å². The number of hydrogen-bond donors (Lipinski definition) is 1. The monoisotopic (exact) mass is 297 g/mol. The fourth-order valence-electron chi connectivity index (χ4n) is 1.72. The molecule has 0 fully saturated rings. The van der Waals surface area contributed by atoms with E-state index in [2.05, 4.69) is 4.74 Å². The Kier molecular flexibility index (Phi) is 4.26. The number of aryl methyl sites for hydroxylation is 1. The first-order valence-corrected chi connectivity index (χ1v) is 6.16. The first kappa shape index (κ1) is 15.0. The van der Waals surface area contributed by atoms with Crippen LogP contribution in [0.2, 0.25) is 0 Å². The van der Waals surface area contributed by atoms with Crippen molar-refractivity contribution in [2.24, 2.45) is 0 Å². The lowest BCUT2D eigenvalue weighted by molar-refractivity contribution is -0.153. The van der Waals surface area contributed by atoms with Gasteiger partial charge in [-0.05, 0) is 24.6 Å². The molecular weight excluding hydrogens is 283 g/mol. The molecule has 3 nitrogen and oxygen atoms in total. The van der Waals surface area contributed by atoms with Crippen LogP contribution < -0.4 is 15.2 Å². The van der Waals surface area contributed by atoms with E-state index >= 15 is 0 Å². The van der Waals surface area contributed by atoms with Crippen LogP contribution in [0.15, 0.2) is 42.5 Å². The summed E-state index contributed by atoms with van der Waals surface area (Å²) in [5, 5.41) is 0. The molecule has 0 atom stereocenters. The molecule has 2 aromatic carbocycles. The summed E-state index contributed by atoms with van der Waals surface area (Å²) < 4.78 is 46.7. The van der Waals surface area contributed by atoms with Gasteiger partial charge >= 0.3 is 6.18 Å². The minimum atomic E-state index is -4.40. The minimum absolute atomic E-state index is 0.00924. The lowest BCUT2D eigenvalue weighted by Crippen LogP contribution is -2.19. The number of hydrogen-bond acceptors (Lipinski definition) is 3. The minimum Gasteiger partial charge on any atom is -0.484 e. The quantitative estimate of drug-likeness (QED) is 0.855. The topological polar surface area (TPSA) is 44.5 Å². The van der Waals surface area contributed by atoms with Crippen LogP contribution in [0.5, 0.6) is 17.2 Å². The molecule has 0 heterocycles. The van der Waals surface area contributed by atoms with Gasteiger partial charge in [0.2, 0.25) is 0 Å². The summed E-state index contributed by atoms with van der Waals surface area (Å²) in [5.74, 6) is 0.898. The third-order valence-electron chi connectivity index (χ3n) is 2.53. The van der Waals surface area contributed by atoms with Gasteiger partial charge in [0, 0.05) is 23.9 Å². The van der Waals surface area contributed by atoms with Crippen LogP contribution in [0.25, 0.3) is 0 Å². The molecule has 0 aliphatic rings. The Labute approximate surface area is 120 Å². The SMILES string of the molecule is Cc1cccc(Oc2cc(N)cc(OCC(F)(F)F)c2)c1. The Bertz CT molecular complexity index is 627. The molecule has 6 heteroatoms. The van der Waals surface area contributed by atoms with Crippen molar-refractivity contribution in [3.8, 4) is 17.2 Å². The van der Waals surface area contributed by atoms with Gasteiger partial charge in [0.25, 0.3) is 0 Å². The van der Waals surface area contributed by atoms with Gasteiger partial charge in [-0.2, -0.15) is 13.2 Å². The molecule has 0 aromatic heterocycles. The zero-order chi connectivity index (χ0) is 15.5. The summed E-state index contributed by atoms with van der Waals surface area (Å²) >= 11 is 0. The van der Waals surface area contributed by atoms with Gasteiger partial charge in [-0.3, -0.25) is 0 Å². The van der Waals surface area contributed by atoms with Crippen molar-refractivity contribution in [1.29, 1.82) is 0 Å². The van der Waals surface area contributed by atoms with Crippen molar-refractivity contribution in [1.82, 2.24) is 0 Å². The van der Waals surface area contributed by atoms with Crippen LogP contribution in [0.4, 0.5) is 18.9 Å². The van der Waals surface area contributed by atoms with Crippen molar-refractivity contribution in [2.45, 2.75) is 13.1 Å². The highest BCUT2D eigenvalue weighted by Crippen LogP contribution is 2.29. The predicted octanol–water partition coefficient (Wildman–Crippen LogP) is 4.31. The number of rotatable bonds is 4. The predicted molar refractivity (Wildman–Crippen MR) is 73.7 cm³/mol. The molecule has 0 radical (unpaired) electrons. The first-order valence-electron chi connectivity index (χ1n) is 6.16. The van der Waals surface area contributed by atoms with Crippen molar-refractivity contribution < 1.29 is 22.6 Å². The zero-order valence-electron chi connectivity index (χ0n) is 11.3. The second-order valence-corrected chi connectivity index (χ2v) is 4.56. The first-order chi connectivity index (χ1) is 9.82. The van der Waals surface area contributed by atoms with Crippen molar-refractivity contribution in [2.75, 3.05) is 12.3 Å². The van der Waals surface area contributed by atoms with Crippen molar-refractivity contribution >= 4 is 5.69 Å². The van der Waals surface area contributed by atoms with E-state index in [9.17, 15) is 13.2 Å². The Balaban J connectivity index is 2.15. The highest BCUT2D eigenvalue weighted by atomic mass is 19.4. The standard InChI is InChI=1S/C15H14F3NO2/c1-10-3-2-4-12(5-10)21-14-7-11(19)6-13(8-14)20-9-15(16,17)18/h2-8H,9,19H2,1H3. The fourth-order valence-corrected chi connectivity index (χ4v) is 1.72. The molecule has 2 aromatic rings. The smallest absolute Gasteiger partial charge is 0.422 e. The number of alkyl halides is 3. The molecule has 112 valence electrons. The van der Waals surface area contributed by atoms with Gasteiger partial charge in [0.05, 0.1) is 0 Å². The Morgan fingerprint density at radius 1 is 1.00 bits per heavy atom. The second-order valence-electron chi connectivity index (χ2n) is 4.56. The zero-order valence-corrected chi connectivity index (χ0v) is 11.3. The molecule has 0 bridgehead atoms. The van der Waals surface area contributed by atoms with Crippen LogP contribution in [0.3, 0.4) is 0 Å². The molecule has 0 aliphatic heterocycles. The van der Waals surface area contributed by atoms with Crippen molar-refractivity contribution in [3.05, 3.63) is 48.0 Å². The van der Waals surface area contributed by atoms with Crippen LogP contribution in [-0.4, -0.2) is 12.8 Å². The molecule has 2 rings (SSSR count). The van der Waals surface area contributed by atoms with Crippen LogP contribution >= 0.6 is 0 Å². The lowest BCUT2D eigenvalue weighted by atomic mass is 10.2. The summed E-state index contributed by atoms with van der Waals surface area (Å²) in [6, 6.07) is 11.5. The fraction of sp³-hybridized carbons (Fsp3) is 0.200. The number of benzene rings is 2. The summed E-state index contributed by atoms with van der Waals surface area (Å²) in [6.45, 7) is 0.532. The summed E-state index contributed by atoms with van der Waals surface area (Å²) in [6.07, 6.45) is -4.40. The third kappa shape index (κ3) is 4.91. The highest BCUT2D eigenvalue weighted by Gasteiger charge is 2.28. The van der Waals surface area contributed by atoms with E-state index in [1.807, 2.05) is 19.1 Å². The number of halogens is 3. The number of anilines is 1. The van der Waals surface area contributed by atoms with Gasteiger partial charge in [0.15, 0.2) is 6.61 Å². The average Bonchev–Trinajstić information content (AvgIpc) is 2.35. The lowest BCUT2D eigenvalue weighted by Gasteiger charge is -2.12. The molecule has 0 amide bonds. The van der Waals surface area contributed by atoms with Gasteiger partial charge < -0.3 is 15.2 Å². The molecule has 0 saturated carbocycles. The van der Waals surface area contributed by atoms with Crippen LogP contribution in [0, 0.1) is 6.92 Å². The van der Waals surface area contributed by atoms with Crippen LogP contribution in [-0.2, 0) is 0 Å². The molecule has 0 spiro atoms. The van der Waals surface area contributed by atoms with E-state index in [0.717, 1.165) is 5.56 Å². The molecule has 0 saturated heterocycles. The van der Waals surface area contributed by atoms with Crippen molar-refractivity contribution in [3.63, 3.8) is 0 Å². The van der Waals surface area contributed by atoms with Crippen LogP contribution in [0.1, 0.15) is 5.56 Å². The number of nitrogens with two attached hydrogens (primary N) is 1. The highest BCUT2D eigenvalue weighted by molar-refractivity contribution is 5.51. The van der Waals surface area contributed by atoms with E-state index in [1.165, 1.54) is 18.2 Å². The Morgan fingerprint density at radius 2 is 1.71 bits per heavy atom. The molecule has 2 N–H and O–H groups in total. The van der Waals surface area contributed by atoms with Gasteiger partial charge in [-0.25, -0.2) is 0 Å². The maximum Gasteiger partial charge on any atom is 0.422 e. The maximum absolute atomic E-state index is 12.1. The van der Waals surface area contributed by atoms with E-state index in [-0.39, 0.29) is 11.4 Å². The third-order valence-corrected chi connectivity index (χ3v) is 2.53. The largest absolute Gasteiger partial charge is 0.484 e. The normalized spacial score (nSPS) is 11.2. The Morgan fingerprint density at radius 3 is 2.38 bits per heavy atom. The van der Waals surface area contributed by atoms with E-state index in [0.29, 0.717) is 11.5 Å². The molecule has 0 unspecified atom stereocenters. The Hall–Kier alpha value is -2.37. The molecule has 0 aliphatic carbocycles. The van der Waals surface area contributed by atoms with Gasteiger partial charge in [-0.1, -0.05) is 12.1 Å². The summed E-state index contributed by atoms with van der Waals surface area (Å²) in [7, 11) is 0. The van der Waals surface area contributed by atoms with Gasteiger partial charge in [0.1, 0.15) is 17.2 Å². The number of nitrogen functional groups attached to an aromatic ring is 1. The maximum atomic E-state index is 12.1. The van der Waals surface area contributed by atoms with E-state index < -0.39 is 12.8 Å². The van der Waals surface area contributed by atoms with Gasteiger partial charge in [-0.15, -0.1) is 0 Å². The molecule has 21 heavy (non-hydrogen) atoms. The van der Waals surface area contributed by atoms with E-state index in [4.69, 9.17) is 10.5 Å². The summed E-state index contributed by atoms with van der Waals surface area (Å²) in [5.41, 5.74) is 6.91. The second kappa shape index (κ2) is 5.95. The summed E-state index contributed by atoms with van der Waals surface area (Å²) in [4.78, 5) is 0. The molecular formula is C15H14F3NO2.